The Hall–Kier alpha value is -2.30. The first-order chi connectivity index (χ1) is 11.7. The number of nitrogens with zero attached hydrogens (tertiary/aromatic N) is 1. The molecule has 2 heterocycles. The van der Waals surface area contributed by atoms with E-state index in [1.165, 1.54) is 5.56 Å². The van der Waals surface area contributed by atoms with Crippen molar-refractivity contribution in [1.82, 2.24) is 4.98 Å². The van der Waals surface area contributed by atoms with Crippen LogP contribution in [0.5, 0.6) is 0 Å². The molecule has 0 saturated carbocycles. The normalized spacial score (nSPS) is 14.0. The van der Waals surface area contributed by atoms with Gasteiger partial charge in [0.1, 0.15) is 5.69 Å². The Morgan fingerprint density at radius 2 is 2.12 bits per heavy atom. The topological polar surface area (TPSA) is 62.1 Å². The summed E-state index contributed by atoms with van der Waals surface area (Å²) in [7, 11) is 0. The highest BCUT2D eigenvalue weighted by Crippen LogP contribution is 2.31. The number of nitrogens with one attached hydrogen (secondary N) is 1. The highest BCUT2D eigenvalue weighted by Gasteiger charge is 2.25. The van der Waals surface area contributed by atoms with Gasteiger partial charge in [0.2, 0.25) is 0 Å². The first-order valence-electron chi connectivity index (χ1n) is 8.08. The molecule has 0 aliphatic carbocycles. The Morgan fingerprint density at radius 1 is 1.25 bits per heavy atom. The SMILES string of the molecule is NCc1cccc2c1CCCN2C(=O)c1cc2cc(Cl)ccc2[nH]1. The number of amides is 1. The summed E-state index contributed by atoms with van der Waals surface area (Å²) in [5, 5.41) is 1.61. The molecule has 0 saturated heterocycles. The number of rotatable bonds is 2. The Kier molecular flexibility index (Phi) is 3.79. The second-order valence-electron chi connectivity index (χ2n) is 6.09. The average Bonchev–Trinajstić information content (AvgIpc) is 3.03. The van der Waals surface area contributed by atoms with Gasteiger partial charge in [0.05, 0.1) is 0 Å². The van der Waals surface area contributed by atoms with Gasteiger partial charge in [0.15, 0.2) is 0 Å². The fourth-order valence-electron chi connectivity index (χ4n) is 3.46. The molecule has 1 aliphatic rings. The van der Waals surface area contributed by atoms with Gasteiger partial charge in [-0.2, -0.15) is 0 Å². The summed E-state index contributed by atoms with van der Waals surface area (Å²) in [5.74, 6) is -0.0163. The van der Waals surface area contributed by atoms with E-state index in [1.54, 1.807) is 0 Å². The lowest BCUT2D eigenvalue weighted by Crippen LogP contribution is -2.36. The molecular weight excluding hydrogens is 322 g/mol. The molecule has 0 atom stereocenters. The Bertz CT molecular complexity index is 932. The van der Waals surface area contributed by atoms with Crippen LogP contribution in [0.15, 0.2) is 42.5 Å². The van der Waals surface area contributed by atoms with Crippen LogP contribution >= 0.6 is 11.6 Å². The maximum Gasteiger partial charge on any atom is 0.274 e. The lowest BCUT2D eigenvalue weighted by molar-refractivity contribution is 0.0981. The van der Waals surface area contributed by atoms with Gasteiger partial charge in [-0.1, -0.05) is 23.7 Å². The number of carbonyl (C=O) groups excluding carboxylic acids is 1. The van der Waals surface area contributed by atoms with Crippen molar-refractivity contribution in [1.29, 1.82) is 0 Å². The summed E-state index contributed by atoms with van der Waals surface area (Å²) in [5.41, 5.74) is 10.6. The summed E-state index contributed by atoms with van der Waals surface area (Å²) >= 11 is 6.04. The van der Waals surface area contributed by atoms with Crippen LogP contribution in [0.1, 0.15) is 28.0 Å². The van der Waals surface area contributed by atoms with Gasteiger partial charge in [-0.3, -0.25) is 4.79 Å². The summed E-state index contributed by atoms with van der Waals surface area (Å²) in [6.45, 7) is 1.21. The molecule has 3 N–H and O–H groups in total. The largest absolute Gasteiger partial charge is 0.351 e. The summed E-state index contributed by atoms with van der Waals surface area (Å²) < 4.78 is 0. The molecule has 0 radical (unpaired) electrons. The fraction of sp³-hybridized carbons (Fsp3) is 0.211. The van der Waals surface area contributed by atoms with Crippen LogP contribution in [-0.4, -0.2) is 17.4 Å². The number of H-pyrrole nitrogens is 1. The van der Waals surface area contributed by atoms with E-state index in [4.69, 9.17) is 17.3 Å². The molecule has 24 heavy (non-hydrogen) atoms. The molecule has 5 heteroatoms. The van der Waals surface area contributed by atoms with E-state index < -0.39 is 0 Å². The van der Waals surface area contributed by atoms with Crippen LogP contribution in [-0.2, 0) is 13.0 Å². The summed E-state index contributed by atoms with van der Waals surface area (Å²) in [6.07, 6.45) is 1.91. The minimum atomic E-state index is -0.0163. The van der Waals surface area contributed by atoms with E-state index in [9.17, 15) is 4.79 Å². The standard InChI is InChI=1S/C19H18ClN3O/c20-14-6-7-16-13(9-14)10-17(22-16)19(24)23-8-2-4-15-12(11-21)3-1-5-18(15)23/h1,3,5-7,9-10,22H,2,4,8,11,21H2. The molecule has 0 spiro atoms. The van der Waals surface area contributed by atoms with Crippen molar-refractivity contribution in [2.75, 3.05) is 11.4 Å². The third-order valence-electron chi connectivity index (χ3n) is 4.63. The van der Waals surface area contributed by atoms with Crippen LogP contribution in [0.25, 0.3) is 10.9 Å². The minimum absolute atomic E-state index is 0.0163. The van der Waals surface area contributed by atoms with Gasteiger partial charge in [-0.05, 0) is 54.3 Å². The van der Waals surface area contributed by atoms with Crippen LogP contribution in [0.2, 0.25) is 5.02 Å². The van der Waals surface area contributed by atoms with Gasteiger partial charge in [-0.15, -0.1) is 0 Å². The lowest BCUT2D eigenvalue weighted by atomic mass is 9.96. The Labute approximate surface area is 145 Å². The molecule has 0 fully saturated rings. The maximum absolute atomic E-state index is 13.0. The van der Waals surface area contributed by atoms with Crippen LogP contribution in [0.3, 0.4) is 0 Å². The van der Waals surface area contributed by atoms with Crippen molar-refractivity contribution in [2.24, 2.45) is 5.73 Å². The second kappa shape index (κ2) is 5.96. The molecular formula is C19H18ClN3O. The van der Waals surface area contributed by atoms with Gasteiger partial charge < -0.3 is 15.6 Å². The number of benzene rings is 2. The third-order valence-corrected chi connectivity index (χ3v) is 4.86. The van der Waals surface area contributed by atoms with E-state index in [-0.39, 0.29) is 5.91 Å². The number of halogens is 1. The zero-order chi connectivity index (χ0) is 16.7. The molecule has 122 valence electrons. The Morgan fingerprint density at radius 3 is 2.96 bits per heavy atom. The van der Waals surface area contributed by atoms with E-state index >= 15 is 0 Å². The quantitative estimate of drug-likeness (QED) is 0.744. The monoisotopic (exact) mass is 339 g/mol. The predicted molar refractivity (Wildman–Crippen MR) is 97.6 cm³/mol. The minimum Gasteiger partial charge on any atom is -0.351 e. The summed E-state index contributed by atoms with van der Waals surface area (Å²) in [4.78, 5) is 18.1. The lowest BCUT2D eigenvalue weighted by Gasteiger charge is -2.30. The molecule has 4 nitrogen and oxygen atoms in total. The van der Waals surface area contributed by atoms with E-state index in [1.807, 2.05) is 47.4 Å². The first-order valence-corrected chi connectivity index (χ1v) is 8.46. The van der Waals surface area contributed by atoms with Crippen LogP contribution in [0, 0.1) is 0 Å². The molecule has 1 aliphatic heterocycles. The molecule has 1 amide bonds. The Balaban J connectivity index is 1.75. The molecule has 3 aromatic rings. The van der Waals surface area contributed by atoms with Crippen molar-refractivity contribution in [3.8, 4) is 0 Å². The smallest absolute Gasteiger partial charge is 0.274 e. The second-order valence-corrected chi connectivity index (χ2v) is 6.53. The van der Waals surface area contributed by atoms with Gasteiger partial charge in [0.25, 0.3) is 5.91 Å². The van der Waals surface area contributed by atoms with E-state index in [0.717, 1.165) is 41.5 Å². The number of aromatic nitrogens is 1. The molecule has 4 rings (SSSR count). The van der Waals surface area contributed by atoms with Crippen molar-refractivity contribution >= 4 is 34.1 Å². The van der Waals surface area contributed by atoms with Crippen molar-refractivity contribution in [2.45, 2.75) is 19.4 Å². The van der Waals surface area contributed by atoms with Crippen molar-refractivity contribution in [3.63, 3.8) is 0 Å². The number of anilines is 1. The van der Waals surface area contributed by atoms with Gasteiger partial charge in [0, 0.05) is 34.7 Å². The molecule has 0 unspecified atom stereocenters. The number of aromatic amines is 1. The highest BCUT2D eigenvalue weighted by molar-refractivity contribution is 6.31. The molecule has 2 aromatic carbocycles. The van der Waals surface area contributed by atoms with Crippen LogP contribution < -0.4 is 10.6 Å². The van der Waals surface area contributed by atoms with Crippen LogP contribution in [0.4, 0.5) is 5.69 Å². The number of fused-ring (bicyclic) bond motifs is 2. The van der Waals surface area contributed by atoms with Crippen molar-refractivity contribution in [3.05, 3.63) is 64.3 Å². The fourth-order valence-corrected chi connectivity index (χ4v) is 3.64. The molecule has 0 bridgehead atoms. The van der Waals surface area contributed by atoms with E-state index in [0.29, 0.717) is 17.3 Å². The highest BCUT2D eigenvalue weighted by atomic mass is 35.5. The zero-order valence-electron chi connectivity index (χ0n) is 13.2. The average molecular weight is 340 g/mol. The first kappa shape index (κ1) is 15.2. The van der Waals surface area contributed by atoms with E-state index in [2.05, 4.69) is 4.98 Å². The van der Waals surface area contributed by atoms with Gasteiger partial charge >= 0.3 is 0 Å². The summed E-state index contributed by atoms with van der Waals surface area (Å²) in [6, 6.07) is 13.5. The number of hydrogen-bond donors (Lipinski definition) is 2. The third kappa shape index (κ3) is 2.48. The van der Waals surface area contributed by atoms with Gasteiger partial charge in [-0.25, -0.2) is 0 Å². The van der Waals surface area contributed by atoms with Crippen molar-refractivity contribution < 1.29 is 4.79 Å². The zero-order valence-corrected chi connectivity index (χ0v) is 13.9. The number of carbonyl (C=O) groups is 1. The maximum atomic E-state index is 13.0. The molecule has 1 aromatic heterocycles. The number of nitrogens with two attached hydrogens (primary N) is 1. The number of hydrogen-bond acceptors (Lipinski definition) is 2. The predicted octanol–water partition coefficient (Wildman–Crippen LogP) is 3.87.